The van der Waals surface area contributed by atoms with Crippen molar-refractivity contribution in [2.45, 2.75) is 6.92 Å². The highest BCUT2D eigenvalue weighted by Crippen LogP contribution is 2.27. The normalized spacial score (nSPS) is 14.0. The maximum atomic E-state index is 12.5. The predicted octanol–water partition coefficient (Wildman–Crippen LogP) is 2.74. The van der Waals surface area contributed by atoms with E-state index in [2.05, 4.69) is 36.1 Å². The molecule has 1 amide bonds. The third kappa shape index (κ3) is 4.84. The first-order valence-corrected chi connectivity index (χ1v) is 9.04. The second kappa shape index (κ2) is 8.66. The number of ether oxygens (including phenoxy) is 3. The Balaban J connectivity index is 1.53. The van der Waals surface area contributed by atoms with Gasteiger partial charge in [0.05, 0.1) is 14.2 Å². The molecular weight excluding hydrogens is 344 g/mol. The molecule has 0 aliphatic carbocycles. The lowest BCUT2D eigenvalue weighted by Crippen LogP contribution is -2.50. The Kier molecular flexibility index (Phi) is 6.06. The number of aryl methyl sites for hydroxylation is 1. The monoisotopic (exact) mass is 370 g/mol. The molecule has 0 unspecified atom stereocenters. The van der Waals surface area contributed by atoms with Gasteiger partial charge in [0, 0.05) is 50.1 Å². The summed E-state index contributed by atoms with van der Waals surface area (Å²) < 4.78 is 16.1. The van der Waals surface area contributed by atoms with Gasteiger partial charge in [0.1, 0.15) is 17.2 Å². The molecule has 27 heavy (non-hydrogen) atoms. The Morgan fingerprint density at radius 2 is 1.56 bits per heavy atom. The van der Waals surface area contributed by atoms with E-state index in [0.29, 0.717) is 30.3 Å². The lowest BCUT2D eigenvalue weighted by molar-refractivity contribution is -0.133. The van der Waals surface area contributed by atoms with Gasteiger partial charge in [-0.1, -0.05) is 12.1 Å². The van der Waals surface area contributed by atoms with Gasteiger partial charge < -0.3 is 24.0 Å². The minimum absolute atomic E-state index is 0.000761. The van der Waals surface area contributed by atoms with Crippen LogP contribution >= 0.6 is 0 Å². The first-order chi connectivity index (χ1) is 13.1. The van der Waals surface area contributed by atoms with Crippen LogP contribution in [0.1, 0.15) is 5.56 Å². The first kappa shape index (κ1) is 18.9. The van der Waals surface area contributed by atoms with E-state index in [9.17, 15) is 4.79 Å². The molecule has 2 aromatic rings. The molecule has 1 heterocycles. The van der Waals surface area contributed by atoms with E-state index in [1.54, 1.807) is 32.4 Å². The number of methoxy groups -OCH3 is 2. The van der Waals surface area contributed by atoms with Crippen LogP contribution in [-0.4, -0.2) is 57.8 Å². The van der Waals surface area contributed by atoms with Crippen molar-refractivity contribution in [1.29, 1.82) is 0 Å². The molecule has 0 aromatic heterocycles. The van der Waals surface area contributed by atoms with Crippen molar-refractivity contribution in [2.75, 3.05) is 51.9 Å². The van der Waals surface area contributed by atoms with Crippen LogP contribution in [0.3, 0.4) is 0 Å². The van der Waals surface area contributed by atoms with Crippen LogP contribution in [0.4, 0.5) is 5.69 Å². The van der Waals surface area contributed by atoms with Crippen LogP contribution in [0, 0.1) is 6.92 Å². The van der Waals surface area contributed by atoms with Gasteiger partial charge in [-0.2, -0.15) is 0 Å². The van der Waals surface area contributed by atoms with Gasteiger partial charge >= 0.3 is 0 Å². The summed E-state index contributed by atoms with van der Waals surface area (Å²) in [7, 11) is 3.16. The maximum Gasteiger partial charge on any atom is 0.260 e. The minimum Gasteiger partial charge on any atom is -0.496 e. The summed E-state index contributed by atoms with van der Waals surface area (Å²) in [6, 6.07) is 13.7. The van der Waals surface area contributed by atoms with Crippen LogP contribution in [-0.2, 0) is 4.79 Å². The number of hydrogen-bond donors (Lipinski definition) is 0. The fourth-order valence-corrected chi connectivity index (χ4v) is 3.14. The highest BCUT2D eigenvalue weighted by molar-refractivity contribution is 5.78. The zero-order chi connectivity index (χ0) is 19.2. The Bertz CT molecular complexity index is 763. The summed E-state index contributed by atoms with van der Waals surface area (Å²) in [6.45, 7) is 5.12. The maximum absolute atomic E-state index is 12.5. The van der Waals surface area contributed by atoms with Crippen LogP contribution in [0.15, 0.2) is 42.5 Å². The molecule has 0 saturated carbocycles. The minimum atomic E-state index is -0.0133. The SMILES string of the molecule is COc1cc(OC)cc(OCC(=O)N2CCN(c3cccc(C)c3)CC2)c1. The molecule has 1 fully saturated rings. The Labute approximate surface area is 160 Å². The lowest BCUT2D eigenvalue weighted by atomic mass is 10.2. The molecule has 144 valence electrons. The van der Waals surface area contributed by atoms with Gasteiger partial charge in [-0.3, -0.25) is 4.79 Å². The van der Waals surface area contributed by atoms with Crippen molar-refractivity contribution in [3.05, 3.63) is 48.0 Å². The van der Waals surface area contributed by atoms with Gasteiger partial charge in [0.15, 0.2) is 6.61 Å². The molecule has 6 heteroatoms. The average Bonchev–Trinajstić information content (AvgIpc) is 2.71. The number of carbonyl (C=O) groups excluding carboxylic acids is 1. The lowest BCUT2D eigenvalue weighted by Gasteiger charge is -2.36. The van der Waals surface area contributed by atoms with E-state index < -0.39 is 0 Å². The van der Waals surface area contributed by atoms with Crippen LogP contribution in [0.2, 0.25) is 0 Å². The number of amides is 1. The first-order valence-electron chi connectivity index (χ1n) is 9.04. The smallest absolute Gasteiger partial charge is 0.260 e. The molecule has 0 atom stereocenters. The van der Waals surface area contributed by atoms with Gasteiger partial charge in [0.25, 0.3) is 5.91 Å². The number of piperazine rings is 1. The van der Waals surface area contributed by atoms with Gasteiger partial charge in [-0.15, -0.1) is 0 Å². The average molecular weight is 370 g/mol. The number of anilines is 1. The Morgan fingerprint density at radius 3 is 2.15 bits per heavy atom. The second-order valence-electron chi connectivity index (χ2n) is 6.54. The number of carbonyl (C=O) groups is 1. The van der Waals surface area contributed by atoms with E-state index in [-0.39, 0.29) is 12.5 Å². The molecule has 1 saturated heterocycles. The molecule has 1 aliphatic heterocycles. The summed E-state index contributed by atoms with van der Waals surface area (Å²) >= 11 is 0. The van der Waals surface area contributed by atoms with Crippen LogP contribution < -0.4 is 19.1 Å². The number of hydrogen-bond acceptors (Lipinski definition) is 5. The molecule has 3 rings (SSSR count). The molecule has 6 nitrogen and oxygen atoms in total. The Hall–Kier alpha value is -2.89. The summed E-state index contributed by atoms with van der Waals surface area (Å²) in [5, 5.41) is 0. The van der Waals surface area contributed by atoms with E-state index in [1.165, 1.54) is 11.3 Å². The van der Waals surface area contributed by atoms with E-state index in [1.807, 2.05) is 4.90 Å². The van der Waals surface area contributed by atoms with E-state index in [0.717, 1.165) is 13.1 Å². The van der Waals surface area contributed by atoms with E-state index >= 15 is 0 Å². The highest BCUT2D eigenvalue weighted by atomic mass is 16.5. The molecule has 0 bridgehead atoms. The molecule has 0 N–H and O–H groups in total. The Morgan fingerprint density at radius 1 is 0.926 bits per heavy atom. The van der Waals surface area contributed by atoms with Crippen molar-refractivity contribution in [3.8, 4) is 17.2 Å². The van der Waals surface area contributed by atoms with Crippen molar-refractivity contribution in [3.63, 3.8) is 0 Å². The molecular formula is C21H26N2O4. The van der Waals surface area contributed by atoms with Crippen LogP contribution in [0.5, 0.6) is 17.2 Å². The number of benzene rings is 2. The zero-order valence-corrected chi connectivity index (χ0v) is 16.1. The fourth-order valence-electron chi connectivity index (χ4n) is 3.14. The third-order valence-corrected chi connectivity index (χ3v) is 4.69. The second-order valence-corrected chi connectivity index (χ2v) is 6.54. The summed E-state index contributed by atoms with van der Waals surface area (Å²) in [4.78, 5) is 16.7. The summed E-state index contributed by atoms with van der Waals surface area (Å²) in [5.41, 5.74) is 2.45. The summed E-state index contributed by atoms with van der Waals surface area (Å²) in [5.74, 6) is 1.80. The van der Waals surface area contributed by atoms with Crippen LogP contribution in [0.25, 0.3) is 0 Å². The molecule has 0 radical (unpaired) electrons. The zero-order valence-electron chi connectivity index (χ0n) is 16.1. The van der Waals surface area contributed by atoms with Crippen molar-refractivity contribution in [1.82, 2.24) is 4.90 Å². The number of rotatable bonds is 6. The molecule has 2 aromatic carbocycles. The number of nitrogens with zero attached hydrogens (tertiary/aromatic N) is 2. The largest absolute Gasteiger partial charge is 0.496 e. The quantitative estimate of drug-likeness (QED) is 0.783. The van der Waals surface area contributed by atoms with Crippen molar-refractivity contribution in [2.24, 2.45) is 0 Å². The summed E-state index contributed by atoms with van der Waals surface area (Å²) in [6.07, 6.45) is 0. The van der Waals surface area contributed by atoms with Crippen molar-refractivity contribution >= 4 is 11.6 Å². The molecule has 1 aliphatic rings. The topological polar surface area (TPSA) is 51.2 Å². The fraction of sp³-hybridized carbons (Fsp3) is 0.381. The van der Waals surface area contributed by atoms with E-state index in [4.69, 9.17) is 14.2 Å². The van der Waals surface area contributed by atoms with Gasteiger partial charge in [-0.05, 0) is 24.6 Å². The standard InChI is InChI=1S/C21H26N2O4/c1-16-5-4-6-17(11-16)22-7-9-23(10-8-22)21(24)15-27-20-13-18(25-2)12-19(14-20)26-3/h4-6,11-14H,7-10,15H2,1-3H3. The predicted molar refractivity (Wildman–Crippen MR) is 105 cm³/mol. The van der Waals surface area contributed by atoms with Gasteiger partial charge in [0.2, 0.25) is 0 Å². The van der Waals surface area contributed by atoms with Crippen molar-refractivity contribution < 1.29 is 19.0 Å². The van der Waals surface area contributed by atoms with Gasteiger partial charge in [-0.25, -0.2) is 0 Å². The molecule has 0 spiro atoms. The third-order valence-electron chi connectivity index (χ3n) is 4.69. The highest BCUT2D eigenvalue weighted by Gasteiger charge is 2.21.